The Balaban J connectivity index is 2.57. The number of rotatable bonds is 8. The Hall–Kier alpha value is -1.40. The first kappa shape index (κ1) is 17.7. The molecule has 0 saturated heterocycles. The third kappa shape index (κ3) is 5.85. The van der Waals surface area contributed by atoms with Gasteiger partial charge in [-0.25, -0.2) is 4.79 Å². The molecule has 1 heterocycles. The van der Waals surface area contributed by atoms with E-state index in [-0.39, 0.29) is 11.9 Å². The first-order chi connectivity index (χ1) is 9.97. The summed E-state index contributed by atoms with van der Waals surface area (Å²) < 4.78 is 4.99. The van der Waals surface area contributed by atoms with Gasteiger partial charge in [0.05, 0.1) is 18.2 Å². The van der Waals surface area contributed by atoms with Crippen LogP contribution in [-0.4, -0.2) is 43.5 Å². The molecular weight excluding hydrogens is 288 g/mol. The third-order valence-corrected chi connectivity index (χ3v) is 4.08. The molecule has 0 radical (unpaired) electrons. The number of carbonyl (C=O) groups is 2. The van der Waals surface area contributed by atoms with Gasteiger partial charge >= 0.3 is 5.97 Å². The molecule has 0 aromatic carbocycles. The summed E-state index contributed by atoms with van der Waals surface area (Å²) in [6.45, 7) is 7.34. The minimum atomic E-state index is -0.333. The largest absolute Gasteiger partial charge is 0.462 e. The van der Waals surface area contributed by atoms with Gasteiger partial charge in [-0.3, -0.25) is 9.69 Å². The average molecular weight is 312 g/mol. The predicted octanol–water partition coefficient (Wildman–Crippen LogP) is 2.90. The molecule has 5 nitrogen and oxygen atoms in total. The second kappa shape index (κ2) is 8.79. The van der Waals surface area contributed by atoms with Crippen molar-refractivity contribution in [2.75, 3.05) is 32.1 Å². The van der Waals surface area contributed by atoms with Crippen LogP contribution in [0.1, 0.15) is 41.9 Å². The van der Waals surface area contributed by atoms with E-state index in [0.29, 0.717) is 23.0 Å². The molecule has 6 heteroatoms. The van der Waals surface area contributed by atoms with Crippen molar-refractivity contribution in [3.8, 4) is 0 Å². The fourth-order valence-electron chi connectivity index (χ4n) is 1.87. The summed E-state index contributed by atoms with van der Waals surface area (Å²) in [7, 11) is 1.93. The van der Waals surface area contributed by atoms with Crippen LogP contribution in [0.2, 0.25) is 0 Å². The number of likely N-dealkylation sites (N-methyl/N-ethyl adjacent to an activating group) is 1. The number of carbonyl (C=O) groups excluding carboxylic acids is 2. The highest BCUT2D eigenvalue weighted by Gasteiger charge is 2.16. The van der Waals surface area contributed by atoms with Crippen LogP contribution in [0.5, 0.6) is 0 Å². The number of amides is 1. The van der Waals surface area contributed by atoms with Gasteiger partial charge < -0.3 is 10.1 Å². The summed E-state index contributed by atoms with van der Waals surface area (Å²) >= 11 is 1.26. The molecule has 0 unspecified atom stereocenters. The van der Waals surface area contributed by atoms with E-state index in [1.54, 1.807) is 13.0 Å². The van der Waals surface area contributed by atoms with E-state index in [0.717, 1.165) is 24.9 Å². The highest BCUT2D eigenvalue weighted by molar-refractivity contribution is 7.18. The van der Waals surface area contributed by atoms with Crippen LogP contribution < -0.4 is 5.32 Å². The Labute approximate surface area is 130 Å². The summed E-state index contributed by atoms with van der Waals surface area (Å²) in [6, 6.07) is 1.81. The molecule has 0 fully saturated rings. The Morgan fingerprint density at radius 2 is 2.10 bits per heavy atom. The molecule has 0 aliphatic carbocycles. The number of anilines is 1. The number of unbranched alkanes of at least 4 members (excludes halogenated alkanes) is 1. The quantitative estimate of drug-likeness (QED) is 0.750. The normalized spacial score (nSPS) is 10.7. The van der Waals surface area contributed by atoms with E-state index in [2.05, 4.69) is 12.2 Å². The van der Waals surface area contributed by atoms with Crippen molar-refractivity contribution in [1.29, 1.82) is 0 Å². The van der Waals surface area contributed by atoms with Gasteiger partial charge in [0.15, 0.2) is 0 Å². The first-order valence-corrected chi connectivity index (χ1v) is 8.05. The van der Waals surface area contributed by atoms with Crippen LogP contribution in [0, 0.1) is 6.92 Å². The maximum Gasteiger partial charge on any atom is 0.348 e. The Kier molecular flexibility index (Phi) is 7.39. The smallest absolute Gasteiger partial charge is 0.348 e. The average Bonchev–Trinajstić information content (AvgIpc) is 2.77. The van der Waals surface area contributed by atoms with Crippen LogP contribution in [0.3, 0.4) is 0 Å². The van der Waals surface area contributed by atoms with Crippen molar-refractivity contribution < 1.29 is 14.3 Å². The highest BCUT2D eigenvalue weighted by Crippen LogP contribution is 2.27. The zero-order valence-corrected chi connectivity index (χ0v) is 14.0. The minimum Gasteiger partial charge on any atom is -0.462 e. The fraction of sp³-hybridized carbons (Fsp3) is 0.600. The van der Waals surface area contributed by atoms with Gasteiger partial charge in [0.1, 0.15) is 4.88 Å². The SMILES string of the molecule is CCCCN(C)CC(=O)Nc1cc(C)c(C(=O)OCC)s1. The van der Waals surface area contributed by atoms with Crippen LogP contribution in [0.4, 0.5) is 5.00 Å². The molecule has 0 saturated carbocycles. The van der Waals surface area contributed by atoms with E-state index in [1.807, 2.05) is 18.9 Å². The molecule has 0 aliphatic rings. The van der Waals surface area contributed by atoms with Gasteiger partial charge in [-0.1, -0.05) is 13.3 Å². The van der Waals surface area contributed by atoms with Crippen molar-refractivity contribution in [2.24, 2.45) is 0 Å². The van der Waals surface area contributed by atoms with Crippen molar-refractivity contribution >= 4 is 28.2 Å². The molecule has 0 aliphatic heterocycles. The van der Waals surface area contributed by atoms with E-state index in [1.165, 1.54) is 11.3 Å². The molecule has 0 bridgehead atoms. The Morgan fingerprint density at radius 1 is 1.38 bits per heavy atom. The number of nitrogens with one attached hydrogen (secondary N) is 1. The lowest BCUT2D eigenvalue weighted by Gasteiger charge is -2.14. The fourth-order valence-corrected chi connectivity index (χ4v) is 2.85. The lowest BCUT2D eigenvalue weighted by Crippen LogP contribution is -2.30. The molecule has 0 atom stereocenters. The van der Waals surface area contributed by atoms with Gasteiger partial charge in [0.2, 0.25) is 5.91 Å². The van der Waals surface area contributed by atoms with E-state index in [4.69, 9.17) is 4.74 Å². The van der Waals surface area contributed by atoms with Crippen molar-refractivity contribution in [1.82, 2.24) is 4.90 Å². The molecule has 0 spiro atoms. The van der Waals surface area contributed by atoms with Crippen molar-refractivity contribution in [3.05, 3.63) is 16.5 Å². The van der Waals surface area contributed by atoms with Crippen LogP contribution in [-0.2, 0) is 9.53 Å². The second-order valence-electron chi connectivity index (χ2n) is 4.98. The molecule has 1 rings (SSSR count). The van der Waals surface area contributed by atoms with Gasteiger partial charge in [0, 0.05) is 0 Å². The summed E-state index contributed by atoms with van der Waals surface area (Å²) in [4.78, 5) is 26.2. The molecule has 21 heavy (non-hydrogen) atoms. The molecular formula is C15H24N2O3S. The third-order valence-electron chi connectivity index (χ3n) is 2.95. The van der Waals surface area contributed by atoms with Gasteiger partial charge in [-0.2, -0.15) is 0 Å². The molecule has 1 N–H and O–H groups in total. The van der Waals surface area contributed by atoms with E-state index < -0.39 is 0 Å². The van der Waals surface area contributed by atoms with Crippen LogP contribution in [0.15, 0.2) is 6.07 Å². The van der Waals surface area contributed by atoms with Crippen molar-refractivity contribution in [2.45, 2.75) is 33.6 Å². The predicted molar refractivity (Wildman–Crippen MR) is 86.0 cm³/mol. The Morgan fingerprint density at radius 3 is 2.71 bits per heavy atom. The molecule has 1 aromatic heterocycles. The number of hydrogen-bond acceptors (Lipinski definition) is 5. The first-order valence-electron chi connectivity index (χ1n) is 7.23. The maximum atomic E-state index is 11.9. The minimum absolute atomic E-state index is 0.0646. The Bertz CT molecular complexity index is 485. The van der Waals surface area contributed by atoms with E-state index >= 15 is 0 Å². The number of hydrogen-bond donors (Lipinski definition) is 1. The maximum absolute atomic E-state index is 11.9. The summed E-state index contributed by atoms with van der Waals surface area (Å²) in [5.41, 5.74) is 0.827. The zero-order valence-electron chi connectivity index (χ0n) is 13.2. The van der Waals surface area contributed by atoms with Gasteiger partial charge in [-0.05, 0) is 45.5 Å². The number of esters is 1. The zero-order chi connectivity index (χ0) is 15.8. The van der Waals surface area contributed by atoms with E-state index in [9.17, 15) is 9.59 Å². The lowest BCUT2D eigenvalue weighted by molar-refractivity contribution is -0.117. The number of thiophene rings is 1. The van der Waals surface area contributed by atoms with Crippen molar-refractivity contribution in [3.63, 3.8) is 0 Å². The second-order valence-corrected chi connectivity index (χ2v) is 6.03. The molecule has 1 aromatic rings. The summed E-state index contributed by atoms with van der Waals surface area (Å²) in [5, 5.41) is 3.52. The lowest BCUT2D eigenvalue weighted by atomic mass is 10.3. The molecule has 118 valence electrons. The topological polar surface area (TPSA) is 58.6 Å². The number of aryl methyl sites for hydroxylation is 1. The van der Waals surface area contributed by atoms with Gasteiger partial charge in [0.25, 0.3) is 0 Å². The summed E-state index contributed by atoms with van der Waals surface area (Å²) in [5.74, 6) is -0.397. The van der Waals surface area contributed by atoms with Crippen LogP contribution in [0.25, 0.3) is 0 Å². The summed E-state index contributed by atoms with van der Waals surface area (Å²) in [6.07, 6.45) is 2.19. The number of nitrogens with zero attached hydrogens (tertiary/aromatic N) is 1. The monoisotopic (exact) mass is 312 g/mol. The standard InChI is InChI=1S/C15H24N2O3S/c1-5-7-8-17(4)10-12(18)16-13-9-11(3)14(21-13)15(19)20-6-2/h9H,5-8,10H2,1-4H3,(H,16,18). The molecule has 1 amide bonds. The van der Waals surface area contributed by atoms with Gasteiger partial charge in [-0.15, -0.1) is 11.3 Å². The van der Waals surface area contributed by atoms with Crippen LogP contribution >= 0.6 is 11.3 Å². The number of ether oxygens (including phenoxy) is 1. The highest BCUT2D eigenvalue weighted by atomic mass is 32.1.